The van der Waals surface area contributed by atoms with Crippen molar-refractivity contribution in [3.05, 3.63) is 45.9 Å². The fourth-order valence-electron chi connectivity index (χ4n) is 2.91. The summed E-state index contributed by atoms with van der Waals surface area (Å²) in [5, 5.41) is 5.73. The fraction of sp³-hybridized carbons (Fsp3) is 0.316. The van der Waals surface area contributed by atoms with Crippen LogP contribution in [0.1, 0.15) is 33.9 Å². The van der Waals surface area contributed by atoms with Crippen LogP contribution in [0, 0.1) is 6.92 Å². The van der Waals surface area contributed by atoms with Gasteiger partial charge in [-0.1, -0.05) is 0 Å². The normalized spacial score (nSPS) is 14.0. The molecular formula is C19H21N3O3S. The molecule has 1 amide bonds. The maximum Gasteiger partial charge on any atom is 0.337 e. The van der Waals surface area contributed by atoms with E-state index in [1.54, 1.807) is 18.2 Å². The molecule has 2 aromatic rings. The highest BCUT2D eigenvalue weighted by Crippen LogP contribution is 2.30. The first-order valence-corrected chi connectivity index (χ1v) is 9.33. The lowest BCUT2D eigenvalue weighted by molar-refractivity contribution is -0.111. The number of aromatic nitrogens is 1. The highest BCUT2D eigenvalue weighted by molar-refractivity contribution is 7.09. The van der Waals surface area contributed by atoms with E-state index < -0.39 is 5.97 Å². The summed E-state index contributed by atoms with van der Waals surface area (Å²) in [6.45, 7) is 3.80. The van der Waals surface area contributed by atoms with E-state index in [0.29, 0.717) is 11.3 Å². The van der Waals surface area contributed by atoms with Crippen LogP contribution in [-0.2, 0) is 9.53 Å². The molecule has 1 aliphatic rings. The number of esters is 1. The van der Waals surface area contributed by atoms with Gasteiger partial charge in [0.05, 0.1) is 34.7 Å². The number of aryl methyl sites for hydroxylation is 1. The van der Waals surface area contributed by atoms with Crippen LogP contribution in [0.3, 0.4) is 0 Å². The zero-order chi connectivity index (χ0) is 18.5. The minimum atomic E-state index is -0.429. The number of thiazole rings is 1. The minimum Gasteiger partial charge on any atom is -0.465 e. The summed E-state index contributed by atoms with van der Waals surface area (Å²) in [6, 6.07) is 5.25. The van der Waals surface area contributed by atoms with Gasteiger partial charge in [-0.2, -0.15) is 0 Å². The maximum absolute atomic E-state index is 12.4. The number of rotatable bonds is 5. The molecule has 0 atom stereocenters. The Morgan fingerprint density at radius 1 is 1.31 bits per heavy atom. The molecule has 26 heavy (non-hydrogen) atoms. The van der Waals surface area contributed by atoms with Gasteiger partial charge in [-0.3, -0.25) is 4.79 Å². The van der Waals surface area contributed by atoms with Crippen LogP contribution in [0.4, 0.5) is 11.4 Å². The molecule has 2 heterocycles. The van der Waals surface area contributed by atoms with Gasteiger partial charge in [0.1, 0.15) is 0 Å². The number of hydrogen-bond acceptors (Lipinski definition) is 6. The van der Waals surface area contributed by atoms with Gasteiger partial charge in [-0.25, -0.2) is 9.78 Å². The number of carbonyl (C=O) groups is 2. The Hall–Kier alpha value is -2.67. The Morgan fingerprint density at radius 3 is 2.73 bits per heavy atom. The summed E-state index contributed by atoms with van der Waals surface area (Å²) in [5.41, 5.74) is 2.69. The molecule has 0 aliphatic carbocycles. The van der Waals surface area contributed by atoms with Crippen LogP contribution < -0.4 is 10.2 Å². The molecule has 1 fully saturated rings. The fourth-order valence-corrected chi connectivity index (χ4v) is 3.49. The van der Waals surface area contributed by atoms with Crippen LogP contribution in [0.25, 0.3) is 6.08 Å². The molecule has 0 spiro atoms. The molecule has 6 nitrogen and oxygen atoms in total. The Morgan fingerprint density at radius 2 is 2.08 bits per heavy atom. The van der Waals surface area contributed by atoms with Gasteiger partial charge in [-0.05, 0) is 44.0 Å². The lowest BCUT2D eigenvalue weighted by atomic mass is 10.1. The number of nitrogens with zero attached hydrogens (tertiary/aromatic N) is 2. The summed E-state index contributed by atoms with van der Waals surface area (Å²) in [5.74, 6) is -0.694. The highest BCUT2D eigenvalue weighted by atomic mass is 32.1. The summed E-state index contributed by atoms with van der Waals surface area (Å²) in [7, 11) is 1.34. The molecule has 0 unspecified atom stereocenters. The second kappa shape index (κ2) is 8.14. The summed E-state index contributed by atoms with van der Waals surface area (Å²) in [6.07, 6.45) is 5.37. The van der Waals surface area contributed by atoms with E-state index in [2.05, 4.69) is 15.2 Å². The Labute approximate surface area is 156 Å². The number of hydrogen-bond donors (Lipinski definition) is 1. The monoisotopic (exact) mass is 371 g/mol. The second-order valence-electron chi connectivity index (χ2n) is 6.03. The molecule has 7 heteroatoms. The van der Waals surface area contributed by atoms with Crippen molar-refractivity contribution >= 4 is 40.7 Å². The van der Waals surface area contributed by atoms with Gasteiger partial charge in [0.15, 0.2) is 0 Å². The predicted molar refractivity (Wildman–Crippen MR) is 104 cm³/mol. The van der Waals surface area contributed by atoms with Crippen LogP contribution in [0.5, 0.6) is 0 Å². The zero-order valence-electron chi connectivity index (χ0n) is 14.8. The van der Waals surface area contributed by atoms with Gasteiger partial charge in [0.2, 0.25) is 5.91 Å². The lowest BCUT2D eigenvalue weighted by Crippen LogP contribution is -2.21. The first-order chi connectivity index (χ1) is 12.6. The van der Waals surface area contributed by atoms with Crippen LogP contribution in [-0.4, -0.2) is 37.1 Å². The summed E-state index contributed by atoms with van der Waals surface area (Å²) >= 11 is 1.53. The molecule has 136 valence electrons. The number of nitrogens with one attached hydrogen (secondary N) is 1. The molecule has 1 saturated heterocycles. The topological polar surface area (TPSA) is 71.5 Å². The number of methoxy groups -OCH3 is 1. The first kappa shape index (κ1) is 18.1. The number of benzene rings is 1. The predicted octanol–water partition coefficient (Wildman–Crippen LogP) is 3.49. The quantitative estimate of drug-likeness (QED) is 0.643. The maximum atomic E-state index is 12.4. The van der Waals surface area contributed by atoms with E-state index in [-0.39, 0.29) is 5.91 Å². The van der Waals surface area contributed by atoms with Crippen molar-refractivity contribution in [1.82, 2.24) is 4.98 Å². The summed E-state index contributed by atoms with van der Waals surface area (Å²) < 4.78 is 4.78. The van der Waals surface area contributed by atoms with Crippen LogP contribution >= 0.6 is 11.3 Å². The third-order valence-corrected chi connectivity index (χ3v) is 4.96. The van der Waals surface area contributed by atoms with E-state index in [1.165, 1.54) is 24.5 Å². The molecule has 0 radical (unpaired) electrons. The molecule has 1 aromatic carbocycles. The van der Waals surface area contributed by atoms with Gasteiger partial charge >= 0.3 is 5.97 Å². The molecular weight excluding hydrogens is 350 g/mol. The smallest absolute Gasteiger partial charge is 0.337 e. The molecule has 0 saturated carbocycles. The van der Waals surface area contributed by atoms with Crippen molar-refractivity contribution in [2.75, 3.05) is 30.4 Å². The van der Waals surface area contributed by atoms with E-state index in [4.69, 9.17) is 4.74 Å². The molecule has 1 aliphatic heterocycles. The van der Waals surface area contributed by atoms with Gasteiger partial charge in [0.25, 0.3) is 0 Å². The third-order valence-electron chi connectivity index (χ3n) is 4.16. The average Bonchev–Trinajstić information content (AvgIpc) is 3.31. The third kappa shape index (κ3) is 4.29. The van der Waals surface area contributed by atoms with Crippen molar-refractivity contribution in [3.8, 4) is 0 Å². The minimum absolute atomic E-state index is 0.266. The highest BCUT2D eigenvalue weighted by Gasteiger charge is 2.18. The number of carbonyl (C=O) groups excluding carboxylic acids is 2. The molecule has 3 rings (SSSR count). The van der Waals surface area contributed by atoms with E-state index in [9.17, 15) is 9.59 Å². The second-order valence-corrected chi connectivity index (χ2v) is 7.09. The van der Waals surface area contributed by atoms with Crippen molar-refractivity contribution in [2.45, 2.75) is 19.8 Å². The molecule has 1 N–H and O–H groups in total. The lowest BCUT2D eigenvalue weighted by Gasteiger charge is -2.22. The molecule has 1 aromatic heterocycles. The number of anilines is 2. The van der Waals surface area contributed by atoms with Crippen LogP contribution in [0.15, 0.2) is 29.7 Å². The van der Waals surface area contributed by atoms with Crippen molar-refractivity contribution in [3.63, 3.8) is 0 Å². The van der Waals surface area contributed by atoms with Crippen molar-refractivity contribution in [2.24, 2.45) is 0 Å². The standard InChI is InChI=1S/C19H21N3O3S/c1-13-20-15(12-26-13)6-8-18(23)21-16-11-14(19(24)25-2)5-7-17(16)22-9-3-4-10-22/h5-8,11-12H,3-4,9-10H2,1-2H3,(H,21,23)/b8-6+. The van der Waals surface area contributed by atoms with Gasteiger partial charge < -0.3 is 15.0 Å². The van der Waals surface area contributed by atoms with E-state index >= 15 is 0 Å². The average molecular weight is 371 g/mol. The van der Waals surface area contributed by atoms with E-state index in [0.717, 1.165) is 42.3 Å². The SMILES string of the molecule is COC(=O)c1ccc(N2CCCC2)c(NC(=O)/C=C/c2csc(C)n2)c1. The largest absolute Gasteiger partial charge is 0.465 e. The first-order valence-electron chi connectivity index (χ1n) is 8.45. The number of ether oxygens (including phenoxy) is 1. The Balaban J connectivity index is 1.82. The number of amides is 1. The summed E-state index contributed by atoms with van der Waals surface area (Å²) in [4.78, 5) is 30.7. The van der Waals surface area contributed by atoms with Crippen LogP contribution in [0.2, 0.25) is 0 Å². The van der Waals surface area contributed by atoms with Crippen molar-refractivity contribution in [1.29, 1.82) is 0 Å². The van der Waals surface area contributed by atoms with Gasteiger partial charge in [-0.15, -0.1) is 11.3 Å². The van der Waals surface area contributed by atoms with E-state index in [1.807, 2.05) is 18.4 Å². The van der Waals surface area contributed by atoms with Crippen molar-refractivity contribution < 1.29 is 14.3 Å². The Bertz CT molecular complexity index is 838. The Kier molecular flexibility index (Phi) is 5.68. The zero-order valence-corrected chi connectivity index (χ0v) is 15.6. The molecule has 0 bridgehead atoms. The van der Waals surface area contributed by atoms with Gasteiger partial charge in [0, 0.05) is 24.5 Å².